The molecule has 0 bridgehead atoms. The number of aromatic nitrogens is 1. The summed E-state index contributed by atoms with van der Waals surface area (Å²) in [4.78, 5) is 3.33. The fourth-order valence-corrected chi connectivity index (χ4v) is 1.04. The second kappa shape index (κ2) is 3.15. The van der Waals surface area contributed by atoms with Gasteiger partial charge in [0.1, 0.15) is 5.15 Å². The lowest BCUT2D eigenvalue weighted by atomic mass is 10.2. The van der Waals surface area contributed by atoms with Crippen LogP contribution in [-0.4, -0.2) is 10.1 Å². The summed E-state index contributed by atoms with van der Waals surface area (Å²) >= 11 is 5.51. The highest BCUT2D eigenvalue weighted by Crippen LogP contribution is 2.20. The van der Waals surface area contributed by atoms with E-state index in [0.717, 1.165) is 6.07 Å². The first kappa shape index (κ1) is 8.43. The molecule has 0 radical (unpaired) electrons. The maximum atomic E-state index is 12.3. The normalized spacial score (nSPS) is 13.1. The standard InChI is InChI=1S/C7H7ClFNO/c1-4(11)5-2-3-6(9)10-7(5)8/h2-4,11H,1H3. The second-order valence-electron chi connectivity index (χ2n) is 2.19. The zero-order valence-electron chi connectivity index (χ0n) is 5.88. The van der Waals surface area contributed by atoms with Crippen molar-refractivity contribution in [3.8, 4) is 0 Å². The fraction of sp³-hybridized carbons (Fsp3) is 0.286. The van der Waals surface area contributed by atoms with Gasteiger partial charge in [-0.2, -0.15) is 4.39 Å². The van der Waals surface area contributed by atoms with Crippen molar-refractivity contribution < 1.29 is 9.50 Å². The molecule has 1 rings (SSSR count). The predicted molar refractivity (Wildman–Crippen MR) is 39.8 cm³/mol. The van der Waals surface area contributed by atoms with Crippen LogP contribution in [0.2, 0.25) is 5.15 Å². The average molecular weight is 176 g/mol. The maximum absolute atomic E-state index is 12.3. The largest absolute Gasteiger partial charge is 0.389 e. The molecule has 0 amide bonds. The van der Waals surface area contributed by atoms with Crippen LogP contribution < -0.4 is 0 Å². The lowest BCUT2D eigenvalue weighted by molar-refractivity contribution is 0.199. The van der Waals surface area contributed by atoms with E-state index in [1.807, 2.05) is 0 Å². The molecular weight excluding hydrogens is 169 g/mol. The van der Waals surface area contributed by atoms with Crippen LogP contribution >= 0.6 is 11.6 Å². The fourth-order valence-electron chi connectivity index (χ4n) is 0.735. The van der Waals surface area contributed by atoms with E-state index >= 15 is 0 Å². The quantitative estimate of drug-likeness (QED) is 0.662. The van der Waals surface area contributed by atoms with E-state index in [-0.39, 0.29) is 5.15 Å². The minimum Gasteiger partial charge on any atom is -0.389 e. The predicted octanol–water partition coefficient (Wildman–Crippen LogP) is 1.93. The van der Waals surface area contributed by atoms with Crippen molar-refractivity contribution in [3.05, 3.63) is 28.8 Å². The Hall–Kier alpha value is -0.670. The highest BCUT2D eigenvalue weighted by molar-refractivity contribution is 6.30. The lowest BCUT2D eigenvalue weighted by Crippen LogP contribution is -1.95. The highest BCUT2D eigenvalue weighted by atomic mass is 35.5. The van der Waals surface area contributed by atoms with Crippen LogP contribution in [0, 0.1) is 5.95 Å². The second-order valence-corrected chi connectivity index (χ2v) is 2.55. The van der Waals surface area contributed by atoms with Crippen LogP contribution in [0.3, 0.4) is 0 Å². The molecule has 0 aromatic carbocycles. The Kier molecular flexibility index (Phi) is 2.42. The van der Waals surface area contributed by atoms with E-state index in [1.165, 1.54) is 6.07 Å². The molecule has 60 valence electrons. The first-order chi connectivity index (χ1) is 5.11. The van der Waals surface area contributed by atoms with Crippen molar-refractivity contribution >= 4 is 11.6 Å². The Morgan fingerprint density at radius 2 is 2.27 bits per heavy atom. The molecular formula is C7H7ClFNO. The number of nitrogens with zero attached hydrogens (tertiary/aromatic N) is 1. The summed E-state index contributed by atoms with van der Waals surface area (Å²) < 4.78 is 12.3. The Labute approximate surface area is 68.6 Å². The van der Waals surface area contributed by atoms with Crippen molar-refractivity contribution in [2.24, 2.45) is 0 Å². The molecule has 4 heteroatoms. The van der Waals surface area contributed by atoms with E-state index in [4.69, 9.17) is 16.7 Å². The van der Waals surface area contributed by atoms with Gasteiger partial charge in [0, 0.05) is 5.56 Å². The molecule has 0 aliphatic heterocycles. The van der Waals surface area contributed by atoms with Crippen molar-refractivity contribution in [1.82, 2.24) is 4.98 Å². The Bertz CT molecular complexity index is 265. The molecule has 1 aromatic heterocycles. The smallest absolute Gasteiger partial charge is 0.214 e. The minimum atomic E-state index is -0.712. The molecule has 2 nitrogen and oxygen atoms in total. The summed E-state index contributed by atoms with van der Waals surface area (Å²) in [7, 11) is 0. The van der Waals surface area contributed by atoms with Gasteiger partial charge >= 0.3 is 0 Å². The molecule has 1 N–H and O–H groups in total. The zero-order chi connectivity index (χ0) is 8.43. The molecule has 1 heterocycles. The van der Waals surface area contributed by atoms with Gasteiger partial charge in [0.15, 0.2) is 0 Å². The van der Waals surface area contributed by atoms with Crippen LogP contribution in [0.5, 0.6) is 0 Å². The summed E-state index contributed by atoms with van der Waals surface area (Å²) in [5.41, 5.74) is 0.438. The molecule has 1 unspecified atom stereocenters. The molecule has 0 spiro atoms. The van der Waals surface area contributed by atoms with Crippen LogP contribution in [-0.2, 0) is 0 Å². The van der Waals surface area contributed by atoms with Gasteiger partial charge in [0.25, 0.3) is 0 Å². The van der Waals surface area contributed by atoms with Gasteiger partial charge in [0.2, 0.25) is 5.95 Å². The molecule has 0 saturated heterocycles. The Morgan fingerprint density at radius 3 is 2.73 bits per heavy atom. The molecule has 0 aliphatic rings. The number of hydrogen-bond acceptors (Lipinski definition) is 2. The zero-order valence-corrected chi connectivity index (χ0v) is 6.64. The Morgan fingerprint density at radius 1 is 1.64 bits per heavy atom. The van der Waals surface area contributed by atoms with E-state index in [0.29, 0.717) is 5.56 Å². The van der Waals surface area contributed by atoms with Gasteiger partial charge in [-0.05, 0) is 19.1 Å². The van der Waals surface area contributed by atoms with Crippen LogP contribution in [0.15, 0.2) is 12.1 Å². The number of aliphatic hydroxyl groups excluding tert-OH is 1. The summed E-state index contributed by atoms with van der Waals surface area (Å²) in [6.07, 6.45) is -0.712. The van der Waals surface area contributed by atoms with Gasteiger partial charge in [0.05, 0.1) is 6.10 Å². The van der Waals surface area contributed by atoms with Crippen molar-refractivity contribution in [1.29, 1.82) is 0 Å². The molecule has 0 fully saturated rings. The number of aliphatic hydroxyl groups is 1. The summed E-state index contributed by atoms with van der Waals surface area (Å²) in [5, 5.41) is 9.06. The minimum absolute atomic E-state index is 0.0139. The van der Waals surface area contributed by atoms with Gasteiger partial charge < -0.3 is 5.11 Å². The molecule has 0 saturated carbocycles. The van der Waals surface area contributed by atoms with Gasteiger partial charge in [-0.25, -0.2) is 4.98 Å². The third-order valence-electron chi connectivity index (χ3n) is 1.29. The Balaban J connectivity index is 3.09. The molecule has 1 atom stereocenters. The first-order valence-electron chi connectivity index (χ1n) is 3.11. The summed E-state index contributed by atoms with van der Waals surface area (Å²) in [5.74, 6) is -0.639. The molecule has 1 aromatic rings. The van der Waals surface area contributed by atoms with Gasteiger partial charge in [-0.15, -0.1) is 0 Å². The molecule has 0 aliphatic carbocycles. The van der Waals surface area contributed by atoms with Crippen LogP contribution in [0.4, 0.5) is 4.39 Å². The van der Waals surface area contributed by atoms with E-state index in [9.17, 15) is 4.39 Å². The SMILES string of the molecule is CC(O)c1ccc(F)nc1Cl. The third kappa shape index (κ3) is 1.88. The first-order valence-corrected chi connectivity index (χ1v) is 3.49. The van der Waals surface area contributed by atoms with Crippen molar-refractivity contribution in [3.63, 3.8) is 0 Å². The van der Waals surface area contributed by atoms with E-state index in [2.05, 4.69) is 4.98 Å². The van der Waals surface area contributed by atoms with E-state index < -0.39 is 12.1 Å². The topological polar surface area (TPSA) is 33.1 Å². The van der Waals surface area contributed by atoms with Crippen molar-refractivity contribution in [2.45, 2.75) is 13.0 Å². The van der Waals surface area contributed by atoms with E-state index in [1.54, 1.807) is 6.92 Å². The average Bonchev–Trinajstić information content (AvgIpc) is 1.85. The number of hydrogen-bond donors (Lipinski definition) is 1. The molecule has 11 heavy (non-hydrogen) atoms. The highest BCUT2D eigenvalue weighted by Gasteiger charge is 2.07. The van der Waals surface area contributed by atoms with Crippen molar-refractivity contribution in [2.75, 3.05) is 0 Å². The number of halogens is 2. The number of rotatable bonds is 1. The van der Waals surface area contributed by atoms with Crippen LogP contribution in [0.1, 0.15) is 18.6 Å². The summed E-state index contributed by atoms with van der Waals surface area (Å²) in [6.45, 7) is 1.54. The third-order valence-corrected chi connectivity index (χ3v) is 1.60. The van der Waals surface area contributed by atoms with Gasteiger partial charge in [-0.1, -0.05) is 11.6 Å². The number of pyridine rings is 1. The monoisotopic (exact) mass is 175 g/mol. The maximum Gasteiger partial charge on any atom is 0.214 e. The lowest BCUT2D eigenvalue weighted by Gasteiger charge is -2.04. The summed E-state index contributed by atoms with van der Waals surface area (Å²) in [6, 6.07) is 2.57. The van der Waals surface area contributed by atoms with Gasteiger partial charge in [-0.3, -0.25) is 0 Å². The van der Waals surface area contributed by atoms with Crippen LogP contribution in [0.25, 0.3) is 0 Å².